The van der Waals surface area contributed by atoms with E-state index in [2.05, 4.69) is 13.8 Å². The fraction of sp³-hybridized carbons (Fsp3) is 0.238. The highest BCUT2D eigenvalue weighted by Crippen LogP contribution is 2.39. The lowest BCUT2D eigenvalue weighted by molar-refractivity contribution is 0.309. The summed E-state index contributed by atoms with van der Waals surface area (Å²) in [6, 6.07) is 31.1. The van der Waals surface area contributed by atoms with E-state index in [1.807, 2.05) is 96.2 Å². The molecule has 0 fully saturated rings. The van der Waals surface area contributed by atoms with Gasteiger partial charge in [0.1, 0.15) is 23.1 Å². The number of ether oxygens (including phenoxy) is 3. The van der Waals surface area contributed by atoms with Crippen LogP contribution in [0.1, 0.15) is 46.5 Å². The average molecular weight is 809 g/mol. The van der Waals surface area contributed by atoms with Crippen LogP contribution in [0, 0.1) is 21.0 Å². The molecule has 260 valence electrons. The number of fused-ring (bicyclic) bond motifs is 1. The minimum Gasteiger partial charge on any atom is -0.494 e. The topological polar surface area (TPSA) is 27.7 Å². The smallest absolute Gasteiger partial charge is 0.182 e. The van der Waals surface area contributed by atoms with Crippen molar-refractivity contribution in [3.8, 4) is 49.9 Å². The normalized spacial score (nSPS) is 10.9. The molecule has 5 aromatic carbocycles. The second-order valence-corrected chi connectivity index (χ2v) is 13.8. The van der Waals surface area contributed by atoms with E-state index in [-0.39, 0.29) is 17.4 Å². The Balaban J connectivity index is 0.000000219. The standard InChI is InChI=1S/C26H24F2O2S.C16H16FIO/c1-3-5-14-30-20-10-6-17(7-11-20)18-8-12-21(22(27)15-18)24-16-19-9-13-23(29-4-2)25(28)26(19)31-24;1-2-3-10-19-14-7-4-12(5-8-14)13-6-9-16(18)15(17)11-13/h6-13,15-16H,3-5,14H2,1-2H3;4-9,11H,2-3,10H2,1H3. The minimum absolute atomic E-state index is 0.179. The molecule has 0 spiro atoms. The van der Waals surface area contributed by atoms with E-state index < -0.39 is 5.82 Å². The second kappa shape index (κ2) is 18.3. The highest BCUT2D eigenvalue weighted by atomic mass is 127. The van der Waals surface area contributed by atoms with Gasteiger partial charge in [-0.2, -0.15) is 0 Å². The molecule has 0 radical (unpaired) electrons. The molecule has 0 atom stereocenters. The van der Waals surface area contributed by atoms with E-state index >= 15 is 0 Å². The first kappa shape index (κ1) is 37.2. The van der Waals surface area contributed by atoms with Crippen LogP contribution in [0.5, 0.6) is 17.2 Å². The van der Waals surface area contributed by atoms with E-state index in [0.717, 1.165) is 71.4 Å². The van der Waals surface area contributed by atoms with Crippen molar-refractivity contribution in [3.63, 3.8) is 0 Å². The number of benzene rings is 5. The predicted molar refractivity (Wildman–Crippen MR) is 209 cm³/mol. The van der Waals surface area contributed by atoms with E-state index in [1.165, 1.54) is 17.4 Å². The van der Waals surface area contributed by atoms with Gasteiger partial charge in [-0.25, -0.2) is 13.2 Å². The van der Waals surface area contributed by atoms with Crippen LogP contribution < -0.4 is 14.2 Å². The Labute approximate surface area is 310 Å². The largest absolute Gasteiger partial charge is 0.494 e. The summed E-state index contributed by atoms with van der Waals surface area (Å²) in [5.74, 6) is 0.991. The molecule has 0 saturated heterocycles. The molecule has 50 heavy (non-hydrogen) atoms. The van der Waals surface area contributed by atoms with Crippen molar-refractivity contribution in [1.29, 1.82) is 0 Å². The first-order valence-electron chi connectivity index (χ1n) is 16.9. The molecule has 3 nitrogen and oxygen atoms in total. The predicted octanol–water partition coefficient (Wildman–Crippen LogP) is 13.4. The zero-order chi connectivity index (χ0) is 35.5. The number of thiophene rings is 1. The third-order valence-corrected chi connectivity index (χ3v) is 10.0. The Morgan fingerprint density at radius 3 is 1.64 bits per heavy atom. The summed E-state index contributed by atoms with van der Waals surface area (Å²) < 4.78 is 60.9. The van der Waals surface area contributed by atoms with Crippen LogP contribution in [0.15, 0.2) is 103 Å². The van der Waals surface area contributed by atoms with E-state index in [0.29, 0.717) is 31.9 Å². The van der Waals surface area contributed by atoms with Gasteiger partial charge in [-0.05, 0) is 137 Å². The van der Waals surface area contributed by atoms with Crippen LogP contribution in [-0.2, 0) is 0 Å². The molecule has 0 bridgehead atoms. The fourth-order valence-electron chi connectivity index (χ4n) is 5.18. The quantitative estimate of drug-likeness (QED) is 0.0859. The van der Waals surface area contributed by atoms with Gasteiger partial charge in [-0.1, -0.05) is 63.1 Å². The van der Waals surface area contributed by atoms with Crippen LogP contribution in [0.25, 0.3) is 42.8 Å². The van der Waals surface area contributed by atoms with Gasteiger partial charge in [0.25, 0.3) is 0 Å². The van der Waals surface area contributed by atoms with Crippen molar-refractivity contribution in [1.82, 2.24) is 0 Å². The third kappa shape index (κ3) is 9.60. The van der Waals surface area contributed by atoms with Crippen molar-refractivity contribution < 1.29 is 27.4 Å². The minimum atomic E-state index is -0.395. The number of hydrogen-bond donors (Lipinski definition) is 0. The molecule has 0 N–H and O–H groups in total. The van der Waals surface area contributed by atoms with E-state index in [9.17, 15) is 13.2 Å². The molecule has 0 saturated carbocycles. The Hall–Kier alpha value is -4.02. The molecule has 1 heterocycles. The summed E-state index contributed by atoms with van der Waals surface area (Å²) in [5.41, 5.74) is 4.04. The molecule has 8 heteroatoms. The molecule has 1 aromatic heterocycles. The summed E-state index contributed by atoms with van der Waals surface area (Å²) in [7, 11) is 0. The summed E-state index contributed by atoms with van der Waals surface area (Å²) in [6.45, 7) is 7.90. The molecular formula is C42H40F3IO3S. The zero-order valence-electron chi connectivity index (χ0n) is 28.4. The lowest BCUT2D eigenvalue weighted by Crippen LogP contribution is -1.95. The molecule has 0 aliphatic carbocycles. The molecule has 0 aliphatic rings. The number of rotatable bonds is 13. The number of hydrogen-bond acceptors (Lipinski definition) is 4. The van der Waals surface area contributed by atoms with Crippen LogP contribution in [0.2, 0.25) is 0 Å². The lowest BCUT2D eigenvalue weighted by atomic mass is 10.0. The molecule has 6 rings (SSSR count). The summed E-state index contributed by atoms with van der Waals surface area (Å²) in [4.78, 5) is 0.686. The van der Waals surface area contributed by atoms with E-state index in [1.54, 1.807) is 30.3 Å². The maximum atomic E-state index is 15.0. The monoisotopic (exact) mass is 808 g/mol. The SMILES string of the molecule is CCCCOc1ccc(-c2ccc(-c3cc4ccc(OCC)c(F)c4s3)c(F)c2)cc1.CCCCOc1ccc(-c2ccc(I)c(F)c2)cc1. The first-order valence-corrected chi connectivity index (χ1v) is 18.8. The van der Waals surface area contributed by atoms with Gasteiger partial charge in [-0.3, -0.25) is 0 Å². The maximum absolute atomic E-state index is 15.0. The third-order valence-electron chi connectivity index (χ3n) is 7.95. The van der Waals surface area contributed by atoms with Gasteiger partial charge in [0.2, 0.25) is 0 Å². The molecule has 0 aliphatic heterocycles. The summed E-state index contributed by atoms with van der Waals surface area (Å²) in [6.07, 6.45) is 4.29. The Morgan fingerprint density at radius 1 is 0.580 bits per heavy atom. The Bertz CT molecular complexity index is 1990. The van der Waals surface area contributed by atoms with Crippen molar-refractivity contribution >= 4 is 44.0 Å². The van der Waals surface area contributed by atoms with Gasteiger partial charge in [0.15, 0.2) is 11.6 Å². The summed E-state index contributed by atoms with van der Waals surface area (Å²) in [5, 5.41) is 0.739. The van der Waals surface area contributed by atoms with Gasteiger partial charge in [0, 0.05) is 14.0 Å². The van der Waals surface area contributed by atoms with Gasteiger partial charge >= 0.3 is 0 Å². The molecule has 6 aromatic rings. The average Bonchev–Trinajstić information content (AvgIpc) is 3.57. The Morgan fingerprint density at radius 2 is 1.12 bits per heavy atom. The van der Waals surface area contributed by atoms with Crippen molar-refractivity contribution in [3.05, 3.63) is 124 Å². The van der Waals surface area contributed by atoms with Crippen LogP contribution >= 0.6 is 33.9 Å². The zero-order valence-corrected chi connectivity index (χ0v) is 31.4. The summed E-state index contributed by atoms with van der Waals surface area (Å²) >= 11 is 3.22. The lowest BCUT2D eigenvalue weighted by Gasteiger charge is -2.08. The van der Waals surface area contributed by atoms with Crippen LogP contribution in [0.4, 0.5) is 13.2 Å². The first-order chi connectivity index (χ1) is 24.3. The van der Waals surface area contributed by atoms with Crippen molar-refractivity contribution in [2.24, 2.45) is 0 Å². The van der Waals surface area contributed by atoms with Crippen molar-refractivity contribution in [2.45, 2.75) is 46.5 Å². The fourth-order valence-corrected chi connectivity index (χ4v) is 6.63. The molecule has 0 unspecified atom stereocenters. The van der Waals surface area contributed by atoms with Crippen molar-refractivity contribution in [2.75, 3.05) is 19.8 Å². The number of unbranched alkanes of at least 4 members (excludes halogenated alkanes) is 2. The van der Waals surface area contributed by atoms with Crippen LogP contribution in [-0.4, -0.2) is 19.8 Å². The van der Waals surface area contributed by atoms with Gasteiger partial charge in [-0.15, -0.1) is 11.3 Å². The van der Waals surface area contributed by atoms with Crippen LogP contribution in [0.3, 0.4) is 0 Å². The molecular weight excluding hydrogens is 768 g/mol. The van der Waals surface area contributed by atoms with Gasteiger partial charge in [0.05, 0.1) is 24.5 Å². The highest BCUT2D eigenvalue weighted by Gasteiger charge is 2.15. The van der Waals surface area contributed by atoms with Gasteiger partial charge < -0.3 is 14.2 Å². The highest BCUT2D eigenvalue weighted by molar-refractivity contribution is 14.1. The van der Waals surface area contributed by atoms with E-state index in [4.69, 9.17) is 14.2 Å². The maximum Gasteiger partial charge on any atom is 0.182 e. The second-order valence-electron chi connectivity index (χ2n) is 11.6. The Kier molecular flexibility index (Phi) is 13.6. The number of halogens is 4. The molecule has 0 amide bonds.